The molecule has 7 heteroatoms. The molecule has 4 rings (SSSR count). The Morgan fingerprint density at radius 1 is 0.931 bits per heavy atom. The van der Waals surface area contributed by atoms with Crippen molar-refractivity contribution in [2.45, 2.75) is 13.8 Å². The molecule has 0 spiro atoms. The number of para-hydroxylation sites is 1. The molecule has 0 aliphatic heterocycles. The lowest BCUT2D eigenvalue weighted by Crippen LogP contribution is -2.28. The van der Waals surface area contributed by atoms with Crippen molar-refractivity contribution in [3.8, 4) is 5.69 Å². The molecule has 0 bridgehead atoms. The fourth-order valence-corrected chi connectivity index (χ4v) is 3.22. The molecule has 4 aromatic rings. The van der Waals surface area contributed by atoms with Gasteiger partial charge in [-0.25, -0.2) is 14.6 Å². The van der Waals surface area contributed by atoms with Crippen molar-refractivity contribution < 1.29 is 4.79 Å². The van der Waals surface area contributed by atoms with Crippen LogP contribution < -0.4 is 10.6 Å². The van der Waals surface area contributed by atoms with Crippen molar-refractivity contribution in [2.75, 3.05) is 18.4 Å². The first kappa shape index (κ1) is 18.6. The summed E-state index contributed by atoms with van der Waals surface area (Å²) in [6.07, 6.45) is 0. The molecule has 0 aliphatic rings. The van der Waals surface area contributed by atoms with Crippen LogP contribution in [-0.4, -0.2) is 38.7 Å². The third-order valence-electron chi connectivity index (χ3n) is 4.55. The number of rotatable bonds is 6. The van der Waals surface area contributed by atoms with Crippen LogP contribution in [0.15, 0.2) is 60.7 Å². The number of nitrogens with one attached hydrogen (secondary N) is 2. The number of benzene rings is 2. The van der Waals surface area contributed by atoms with Gasteiger partial charge in [-0.05, 0) is 38.1 Å². The van der Waals surface area contributed by atoms with Gasteiger partial charge in [-0.1, -0.05) is 36.4 Å². The minimum Gasteiger partial charge on any atom is -0.368 e. The maximum absolute atomic E-state index is 12.2. The van der Waals surface area contributed by atoms with E-state index in [1.54, 1.807) is 12.1 Å². The van der Waals surface area contributed by atoms with E-state index in [1.165, 1.54) is 0 Å². The predicted molar refractivity (Wildman–Crippen MR) is 113 cm³/mol. The van der Waals surface area contributed by atoms with Crippen molar-refractivity contribution >= 4 is 22.8 Å². The average molecular weight is 386 g/mol. The summed E-state index contributed by atoms with van der Waals surface area (Å²) in [4.78, 5) is 21.3. The minimum absolute atomic E-state index is 0.0931. The summed E-state index contributed by atoms with van der Waals surface area (Å²) in [7, 11) is 0. The van der Waals surface area contributed by atoms with Crippen LogP contribution in [0.4, 0.5) is 5.82 Å². The molecule has 0 atom stereocenters. The highest BCUT2D eigenvalue weighted by atomic mass is 16.1. The predicted octanol–water partition coefficient (Wildman–Crippen LogP) is 3.27. The summed E-state index contributed by atoms with van der Waals surface area (Å²) in [5.41, 5.74) is 3.20. The normalized spacial score (nSPS) is 10.8. The molecule has 0 aliphatic carbocycles. The van der Waals surface area contributed by atoms with Crippen molar-refractivity contribution in [3.05, 3.63) is 77.7 Å². The fraction of sp³-hybridized carbons (Fsp3) is 0.182. The standard InChI is InChI=1S/C22H22N6O/c1-15-19-20(23-13-14-24-22(29)17-9-5-3-6-10-17)25-16(2)26-21(19)28(27-15)18-11-7-4-8-12-18/h3-12H,13-14H2,1-2H3,(H,24,29)(H,23,25,26). The van der Waals surface area contributed by atoms with Gasteiger partial charge in [-0.3, -0.25) is 4.79 Å². The Balaban J connectivity index is 1.52. The van der Waals surface area contributed by atoms with Crippen LogP contribution in [0.2, 0.25) is 0 Å². The fourth-order valence-electron chi connectivity index (χ4n) is 3.22. The van der Waals surface area contributed by atoms with E-state index >= 15 is 0 Å². The first-order valence-electron chi connectivity index (χ1n) is 9.50. The van der Waals surface area contributed by atoms with Gasteiger partial charge in [0, 0.05) is 18.7 Å². The Hall–Kier alpha value is -3.74. The van der Waals surface area contributed by atoms with Gasteiger partial charge in [-0.2, -0.15) is 5.10 Å². The van der Waals surface area contributed by atoms with E-state index in [0.29, 0.717) is 24.5 Å². The smallest absolute Gasteiger partial charge is 0.251 e. The Kier molecular flexibility index (Phi) is 5.20. The van der Waals surface area contributed by atoms with Gasteiger partial charge in [-0.15, -0.1) is 0 Å². The second kappa shape index (κ2) is 8.10. The van der Waals surface area contributed by atoms with Crippen molar-refractivity contribution in [2.24, 2.45) is 0 Å². The van der Waals surface area contributed by atoms with Crippen LogP contribution >= 0.6 is 0 Å². The summed E-state index contributed by atoms with van der Waals surface area (Å²) < 4.78 is 1.84. The maximum atomic E-state index is 12.2. The molecule has 0 fully saturated rings. The zero-order chi connectivity index (χ0) is 20.2. The lowest BCUT2D eigenvalue weighted by molar-refractivity contribution is 0.0955. The third kappa shape index (κ3) is 3.94. The zero-order valence-electron chi connectivity index (χ0n) is 16.4. The summed E-state index contributed by atoms with van der Waals surface area (Å²) in [6, 6.07) is 19.1. The molecule has 0 saturated heterocycles. The number of hydrogen-bond donors (Lipinski definition) is 2. The molecule has 1 amide bonds. The molecular weight excluding hydrogens is 364 g/mol. The molecule has 0 unspecified atom stereocenters. The molecule has 2 N–H and O–H groups in total. The first-order chi connectivity index (χ1) is 14.1. The highest BCUT2D eigenvalue weighted by Crippen LogP contribution is 2.26. The summed E-state index contributed by atoms with van der Waals surface area (Å²) in [5.74, 6) is 1.29. The number of aromatic nitrogens is 4. The molecular formula is C22H22N6O. The largest absolute Gasteiger partial charge is 0.368 e. The van der Waals surface area contributed by atoms with Crippen molar-refractivity contribution in [3.63, 3.8) is 0 Å². The summed E-state index contributed by atoms with van der Waals surface area (Å²) in [5, 5.41) is 11.8. The molecule has 2 aromatic carbocycles. The first-order valence-corrected chi connectivity index (χ1v) is 9.50. The molecule has 2 aromatic heterocycles. The van der Waals surface area contributed by atoms with E-state index in [2.05, 4.69) is 25.7 Å². The Bertz CT molecular complexity index is 1140. The van der Waals surface area contributed by atoms with Gasteiger partial charge in [0.2, 0.25) is 0 Å². The van der Waals surface area contributed by atoms with E-state index in [4.69, 9.17) is 0 Å². The quantitative estimate of drug-likeness (QED) is 0.497. The van der Waals surface area contributed by atoms with Crippen LogP contribution in [0.3, 0.4) is 0 Å². The third-order valence-corrected chi connectivity index (χ3v) is 4.55. The number of hydrogen-bond acceptors (Lipinski definition) is 5. The SMILES string of the molecule is Cc1nc(NCCNC(=O)c2ccccc2)c2c(C)nn(-c3ccccc3)c2n1. The van der Waals surface area contributed by atoms with Gasteiger partial charge in [0.15, 0.2) is 5.65 Å². The van der Waals surface area contributed by atoms with Crippen LogP contribution in [0.5, 0.6) is 0 Å². The molecule has 2 heterocycles. The lowest BCUT2D eigenvalue weighted by Gasteiger charge is -2.10. The zero-order valence-corrected chi connectivity index (χ0v) is 16.4. The topological polar surface area (TPSA) is 84.7 Å². The second-order valence-electron chi connectivity index (χ2n) is 6.70. The highest BCUT2D eigenvalue weighted by molar-refractivity contribution is 5.94. The summed E-state index contributed by atoms with van der Waals surface area (Å²) in [6.45, 7) is 4.83. The van der Waals surface area contributed by atoms with Crippen LogP contribution in [-0.2, 0) is 0 Å². The van der Waals surface area contributed by atoms with Gasteiger partial charge < -0.3 is 10.6 Å². The number of carbonyl (C=O) groups is 1. The van der Waals surface area contributed by atoms with Gasteiger partial charge in [0.05, 0.1) is 16.8 Å². The molecule has 0 radical (unpaired) electrons. The second-order valence-corrected chi connectivity index (χ2v) is 6.70. The van der Waals surface area contributed by atoms with E-state index in [0.717, 1.165) is 28.2 Å². The van der Waals surface area contributed by atoms with Crippen LogP contribution in [0, 0.1) is 13.8 Å². The van der Waals surface area contributed by atoms with E-state index < -0.39 is 0 Å². The van der Waals surface area contributed by atoms with E-state index in [-0.39, 0.29) is 5.91 Å². The Morgan fingerprint density at radius 2 is 1.62 bits per heavy atom. The molecule has 146 valence electrons. The number of nitrogens with zero attached hydrogens (tertiary/aromatic N) is 4. The Labute approximate surface area is 168 Å². The Morgan fingerprint density at radius 3 is 2.34 bits per heavy atom. The van der Waals surface area contributed by atoms with Crippen LogP contribution in [0.25, 0.3) is 16.7 Å². The van der Waals surface area contributed by atoms with Crippen LogP contribution in [0.1, 0.15) is 21.9 Å². The van der Waals surface area contributed by atoms with Gasteiger partial charge in [0.1, 0.15) is 11.6 Å². The van der Waals surface area contributed by atoms with Gasteiger partial charge in [0.25, 0.3) is 5.91 Å². The summed E-state index contributed by atoms with van der Waals surface area (Å²) >= 11 is 0. The maximum Gasteiger partial charge on any atom is 0.251 e. The van der Waals surface area contributed by atoms with Crippen molar-refractivity contribution in [1.82, 2.24) is 25.1 Å². The molecule has 29 heavy (non-hydrogen) atoms. The van der Waals surface area contributed by atoms with Crippen molar-refractivity contribution in [1.29, 1.82) is 0 Å². The molecule has 7 nitrogen and oxygen atoms in total. The van der Waals surface area contributed by atoms with E-state index in [1.807, 2.05) is 67.1 Å². The monoisotopic (exact) mass is 386 g/mol. The molecule has 0 saturated carbocycles. The number of aryl methyl sites for hydroxylation is 2. The van der Waals surface area contributed by atoms with E-state index in [9.17, 15) is 4.79 Å². The highest BCUT2D eigenvalue weighted by Gasteiger charge is 2.16. The lowest BCUT2D eigenvalue weighted by atomic mass is 10.2. The number of carbonyl (C=O) groups excluding carboxylic acids is 1. The number of anilines is 1. The van der Waals surface area contributed by atoms with Gasteiger partial charge >= 0.3 is 0 Å². The number of amides is 1. The average Bonchev–Trinajstić information content (AvgIpc) is 3.08. The minimum atomic E-state index is -0.0931. The number of fused-ring (bicyclic) bond motifs is 1.